The maximum Gasteiger partial charge on any atom is 0.243 e. The number of likely N-dealkylation sites (N-methyl/N-ethyl adjacent to an activating group) is 2. The van der Waals surface area contributed by atoms with Gasteiger partial charge in [-0.2, -0.15) is 4.31 Å². The van der Waals surface area contributed by atoms with Crippen molar-refractivity contribution in [2.75, 3.05) is 52.9 Å². The Morgan fingerprint density at radius 3 is 2.66 bits per heavy atom. The zero-order valence-electron chi connectivity index (χ0n) is 17.5. The number of guanidine groups is 1. The summed E-state index contributed by atoms with van der Waals surface area (Å²) in [4.78, 5) is 9.32. The third-order valence-corrected chi connectivity index (χ3v) is 7.90. The fourth-order valence-electron chi connectivity index (χ4n) is 4.04. The van der Waals surface area contributed by atoms with Gasteiger partial charge in [-0.1, -0.05) is 25.1 Å². The fraction of sp³-hybridized carbons (Fsp3) is 0.650. The van der Waals surface area contributed by atoms with Crippen molar-refractivity contribution in [3.63, 3.8) is 0 Å². The Hall–Kier alpha value is -1.68. The van der Waals surface area contributed by atoms with Crippen molar-refractivity contribution in [3.8, 4) is 0 Å². The molecule has 3 rings (SSSR count). The maximum absolute atomic E-state index is 13.1. The molecule has 0 aliphatic carbocycles. The van der Waals surface area contributed by atoms with Crippen molar-refractivity contribution in [1.82, 2.24) is 19.4 Å². The van der Waals surface area contributed by atoms with Crippen LogP contribution in [0.25, 0.3) is 0 Å². The topological polar surface area (TPSA) is 94.3 Å². The molecule has 1 unspecified atom stereocenters. The van der Waals surface area contributed by atoms with Gasteiger partial charge in [0.2, 0.25) is 10.0 Å². The maximum atomic E-state index is 13.1. The van der Waals surface area contributed by atoms with Crippen molar-refractivity contribution < 1.29 is 8.42 Å². The number of aliphatic imine (C=N–C) groups is 1. The van der Waals surface area contributed by atoms with Crippen LogP contribution in [-0.4, -0.2) is 87.4 Å². The van der Waals surface area contributed by atoms with Gasteiger partial charge in [-0.3, -0.25) is 4.90 Å². The van der Waals surface area contributed by atoms with Crippen LogP contribution in [0.2, 0.25) is 0 Å². The summed E-state index contributed by atoms with van der Waals surface area (Å²) in [5.74, 6) is 0.361. The van der Waals surface area contributed by atoms with E-state index in [1.165, 1.54) is 12.8 Å². The van der Waals surface area contributed by atoms with Gasteiger partial charge in [-0.05, 0) is 44.6 Å². The first-order valence-electron chi connectivity index (χ1n) is 10.5. The molecule has 1 aromatic carbocycles. The van der Waals surface area contributed by atoms with E-state index in [-0.39, 0.29) is 6.54 Å². The van der Waals surface area contributed by atoms with Crippen LogP contribution in [0.15, 0.2) is 34.2 Å². The molecule has 2 heterocycles. The monoisotopic (exact) mass is 422 g/mol. The van der Waals surface area contributed by atoms with Gasteiger partial charge in [0.1, 0.15) is 0 Å². The molecule has 0 saturated carbocycles. The molecule has 1 aromatic rings. The van der Waals surface area contributed by atoms with E-state index in [0.29, 0.717) is 35.5 Å². The van der Waals surface area contributed by atoms with Crippen LogP contribution in [-0.2, 0) is 16.6 Å². The highest BCUT2D eigenvalue weighted by Crippen LogP contribution is 2.22. The minimum absolute atomic E-state index is 0.240. The average molecular weight is 423 g/mol. The lowest BCUT2D eigenvalue weighted by Gasteiger charge is -2.32. The third-order valence-electron chi connectivity index (χ3n) is 5.90. The number of nitrogens with one attached hydrogen (secondary N) is 1. The van der Waals surface area contributed by atoms with Gasteiger partial charge in [0, 0.05) is 38.8 Å². The summed E-state index contributed by atoms with van der Waals surface area (Å²) in [6.07, 6.45) is 2.38. The molecule has 1 atom stereocenters. The van der Waals surface area contributed by atoms with E-state index < -0.39 is 10.0 Å². The Morgan fingerprint density at radius 2 is 1.93 bits per heavy atom. The minimum Gasteiger partial charge on any atom is -0.370 e. The number of piperazine rings is 1. The first kappa shape index (κ1) is 22.0. The van der Waals surface area contributed by atoms with E-state index in [4.69, 9.17) is 5.73 Å². The van der Waals surface area contributed by atoms with Crippen LogP contribution in [0.4, 0.5) is 0 Å². The SMILES string of the molecule is CCN1CCCC1CNC(N)=NCc1ccccc1S(=O)(=O)N1CCN(C)CC1. The Bertz CT molecular complexity index is 805. The van der Waals surface area contributed by atoms with E-state index >= 15 is 0 Å². The van der Waals surface area contributed by atoms with Gasteiger partial charge >= 0.3 is 0 Å². The number of likely N-dealkylation sites (tertiary alicyclic amines) is 1. The van der Waals surface area contributed by atoms with Crippen molar-refractivity contribution in [3.05, 3.63) is 29.8 Å². The van der Waals surface area contributed by atoms with Crippen LogP contribution < -0.4 is 11.1 Å². The number of benzene rings is 1. The van der Waals surface area contributed by atoms with Crippen molar-refractivity contribution in [1.29, 1.82) is 0 Å². The quantitative estimate of drug-likeness (QED) is 0.491. The van der Waals surface area contributed by atoms with Gasteiger partial charge in [0.15, 0.2) is 5.96 Å². The molecular weight excluding hydrogens is 388 g/mol. The number of rotatable bonds is 7. The molecule has 8 nitrogen and oxygen atoms in total. The number of sulfonamides is 1. The predicted octanol–water partition coefficient (Wildman–Crippen LogP) is 0.511. The molecule has 0 amide bonds. The molecular formula is C20H34N6O2S. The summed E-state index contributed by atoms with van der Waals surface area (Å²) < 4.78 is 27.8. The van der Waals surface area contributed by atoms with E-state index in [1.807, 2.05) is 19.2 Å². The predicted molar refractivity (Wildman–Crippen MR) is 116 cm³/mol. The van der Waals surface area contributed by atoms with Crippen LogP contribution >= 0.6 is 0 Å². The normalized spacial score (nSPS) is 22.8. The summed E-state index contributed by atoms with van der Waals surface area (Å²) >= 11 is 0. The largest absolute Gasteiger partial charge is 0.370 e. The zero-order chi connectivity index (χ0) is 20.9. The summed E-state index contributed by atoms with van der Waals surface area (Å²) in [6.45, 7) is 7.87. The van der Waals surface area contributed by atoms with Gasteiger partial charge in [0.05, 0.1) is 11.4 Å². The van der Waals surface area contributed by atoms with Gasteiger partial charge in [-0.15, -0.1) is 0 Å². The average Bonchev–Trinajstić information content (AvgIpc) is 3.19. The first-order chi connectivity index (χ1) is 13.9. The minimum atomic E-state index is -3.53. The van der Waals surface area contributed by atoms with Crippen LogP contribution in [0.1, 0.15) is 25.3 Å². The molecule has 0 radical (unpaired) electrons. The van der Waals surface area contributed by atoms with E-state index in [2.05, 4.69) is 27.0 Å². The highest BCUT2D eigenvalue weighted by molar-refractivity contribution is 7.89. The number of nitrogens with zero attached hydrogens (tertiary/aromatic N) is 4. The third kappa shape index (κ3) is 5.48. The highest BCUT2D eigenvalue weighted by Gasteiger charge is 2.29. The highest BCUT2D eigenvalue weighted by atomic mass is 32.2. The summed E-state index contributed by atoms with van der Waals surface area (Å²) in [7, 11) is -1.52. The smallest absolute Gasteiger partial charge is 0.243 e. The molecule has 162 valence electrons. The molecule has 0 aromatic heterocycles. The number of hydrogen-bond donors (Lipinski definition) is 2. The van der Waals surface area contributed by atoms with Crippen LogP contribution in [0.3, 0.4) is 0 Å². The molecule has 2 aliphatic heterocycles. The van der Waals surface area contributed by atoms with Crippen molar-refractivity contribution in [2.45, 2.75) is 37.2 Å². The molecule has 2 fully saturated rings. The number of hydrogen-bond acceptors (Lipinski definition) is 5. The van der Waals surface area contributed by atoms with Crippen molar-refractivity contribution >= 4 is 16.0 Å². The Morgan fingerprint density at radius 1 is 1.21 bits per heavy atom. The Kier molecular flexibility index (Phi) is 7.50. The Balaban J connectivity index is 1.65. The molecule has 29 heavy (non-hydrogen) atoms. The van der Waals surface area contributed by atoms with Gasteiger partial charge < -0.3 is 16.0 Å². The fourth-order valence-corrected chi connectivity index (χ4v) is 5.68. The van der Waals surface area contributed by atoms with Crippen molar-refractivity contribution in [2.24, 2.45) is 10.7 Å². The zero-order valence-corrected chi connectivity index (χ0v) is 18.4. The van der Waals surface area contributed by atoms with Crippen LogP contribution in [0, 0.1) is 0 Å². The van der Waals surface area contributed by atoms with Gasteiger partial charge in [-0.25, -0.2) is 13.4 Å². The summed E-state index contributed by atoms with van der Waals surface area (Å²) in [5.41, 5.74) is 6.73. The second-order valence-corrected chi connectivity index (χ2v) is 9.73. The molecule has 2 saturated heterocycles. The molecule has 0 bridgehead atoms. The van der Waals surface area contributed by atoms with E-state index in [1.54, 1.807) is 16.4 Å². The second-order valence-electron chi connectivity index (χ2n) is 7.82. The first-order valence-corrected chi connectivity index (χ1v) is 11.9. The Labute approximate surface area is 174 Å². The lowest BCUT2D eigenvalue weighted by molar-refractivity contribution is 0.222. The van der Waals surface area contributed by atoms with Crippen LogP contribution in [0.5, 0.6) is 0 Å². The summed E-state index contributed by atoms with van der Waals surface area (Å²) in [5, 5.41) is 3.21. The van der Waals surface area contributed by atoms with E-state index in [0.717, 1.165) is 32.7 Å². The van der Waals surface area contributed by atoms with Gasteiger partial charge in [0.25, 0.3) is 0 Å². The molecule has 9 heteroatoms. The number of nitrogens with two attached hydrogens (primary N) is 1. The lowest BCUT2D eigenvalue weighted by atomic mass is 10.2. The standard InChI is InChI=1S/C20H34N6O2S/c1-3-25-10-6-8-18(25)16-23-20(21)22-15-17-7-4-5-9-19(17)29(27,28)26-13-11-24(2)12-14-26/h4-5,7,9,18H,3,6,8,10-16H2,1-2H3,(H3,21,22,23). The molecule has 2 aliphatic rings. The summed E-state index contributed by atoms with van der Waals surface area (Å²) in [6, 6.07) is 7.57. The lowest BCUT2D eigenvalue weighted by Crippen LogP contribution is -2.47. The molecule has 3 N–H and O–H groups in total. The van der Waals surface area contributed by atoms with E-state index in [9.17, 15) is 8.42 Å². The second kappa shape index (κ2) is 9.88. The molecule has 0 spiro atoms.